The van der Waals surface area contributed by atoms with E-state index in [1.54, 1.807) is 0 Å². The molecule has 0 heterocycles. The third kappa shape index (κ3) is 3.31. The summed E-state index contributed by atoms with van der Waals surface area (Å²) < 4.78 is 51.6. The van der Waals surface area contributed by atoms with Crippen LogP contribution in [-0.2, 0) is 6.18 Å². The predicted molar refractivity (Wildman–Crippen MR) is 74.4 cm³/mol. The van der Waals surface area contributed by atoms with Crippen molar-refractivity contribution in [1.82, 2.24) is 0 Å². The van der Waals surface area contributed by atoms with Crippen molar-refractivity contribution in [3.8, 4) is 0 Å². The highest BCUT2D eigenvalue weighted by Crippen LogP contribution is 2.37. The zero-order chi connectivity index (χ0) is 15.7. The zero-order valence-electron chi connectivity index (χ0n) is 11.9. The molecule has 1 saturated carbocycles. The highest BCUT2D eigenvalue weighted by molar-refractivity contribution is 5.49. The summed E-state index contributed by atoms with van der Waals surface area (Å²) in [6.45, 7) is 2.37. The average molecular weight is 304 g/mol. The highest BCUT2D eigenvalue weighted by Gasteiger charge is 2.38. The number of nitrogens with one attached hydrogen (secondary N) is 1. The number of anilines is 1. The van der Waals surface area contributed by atoms with E-state index in [1.165, 1.54) is 0 Å². The van der Waals surface area contributed by atoms with E-state index in [2.05, 4.69) is 5.32 Å². The van der Waals surface area contributed by atoms with Crippen LogP contribution in [0.1, 0.15) is 38.2 Å². The average Bonchev–Trinajstić information content (AvgIpc) is 2.42. The predicted octanol–water partition coefficient (Wildman–Crippen LogP) is 4.16. The summed E-state index contributed by atoms with van der Waals surface area (Å²) in [5.41, 5.74) is 4.52. The second kappa shape index (κ2) is 5.83. The van der Waals surface area contributed by atoms with Crippen LogP contribution in [0.4, 0.5) is 23.2 Å². The van der Waals surface area contributed by atoms with E-state index in [0.29, 0.717) is 12.6 Å². The number of rotatable bonds is 3. The molecule has 0 saturated heterocycles. The molecule has 1 aromatic rings. The number of alkyl halides is 3. The second-order valence-corrected chi connectivity index (χ2v) is 5.82. The minimum Gasteiger partial charge on any atom is -0.376 e. The first-order valence-electron chi connectivity index (χ1n) is 7.13. The summed E-state index contributed by atoms with van der Waals surface area (Å²) in [6, 6.07) is 2.57. The molecule has 0 bridgehead atoms. The summed E-state index contributed by atoms with van der Waals surface area (Å²) in [4.78, 5) is 0. The van der Waals surface area contributed by atoms with E-state index < -0.39 is 23.1 Å². The number of benzene rings is 1. The zero-order valence-corrected chi connectivity index (χ0v) is 11.9. The molecule has 1 fully saturated rings. The Morgan fingerprint density at radius 1 is 1.33 bits per heavy atom. The summed E-state index contributed by atoms with van der Waals surface area (Å²) >= 11 is 0. The van der Waals surface area contributed by atoms with Crippen LogP contribution in [0, 0.1) is 11.7 Å². The van der Waals surface area contributed by atoms with E-state index in [4.69, 9.17) is 5.73 Å². The maximum Gasteiger partial charge on any atom is 0.416 e. The number of nitrogens with two attached hydrogens (primary N) is 1. The Morgan fingerprint density at radius 3 is 2.57 bits per heavy atom. The second-order valence-electron chi connectivity index (χ2n) is 5.82. The SMILES string of the molecule is CC1CCCCC1(CN)Nc1ccc(C(F)(F)F)cc1F. The van der Waals surface area contributed by atoms with E-state index >= 15 is 0 Å². The number of hydrogen-bond acceptors (Lipinski definition) is 2. The van der Waals surface area contributed by atoms with Crippen molar-refractivity contribution in [3.63, 3.8) is 0 Å². The first-order valence-corrected chi connectivity index (χ1v) is 7.13. The van der Waals surface area contributed by atoms with Gasteiger partial charge >= 0.3 is 6.18 Å². The van der Waals surface area contributed by atoms with Gasteiger partial charge in [-0.1, -0.05) is 19.8 Å². The molecule has 21 heavy (non-hydrogen) atoms. The quantitative estimate of drug-likeness (QED) is 0.823. The molecular weight excluding hydrogens is 284 g/mol. The molecule has 0 amide bonds. The molecule has 118 valence electrons. The van der Waals surface area contributed by atoms with Gasteiger partial charge in [0.25, 0.3) is 0 Å². The maximum absolute atomic E-state index is 14.0. The van der Waals surface area contributed by atoms with Crippen molar-refractivity contribution in [2.75, 3.05) is 11.9 Å². The van der Waals surface area contributed by atoms with Gasteiger partial charge in [-0.2, -0.15) is 13.2 Å². The Morgan fingerprint density at radius 2 is 2.05 bits per heavy atom. The molecule has 1 aliphatic carbocycles. The first kappa shape index (κ1) is 16.1. The monoisotopic (exact) mass is 304 g/mol. The molecule has 0 spiro atoms. The van der Waals surface area contributed by atoms with Crippen LogP contribution in [-0.4, -0.2) is 12.1 Å². The molecule has 2 unspecified atom stereocenters. The Kier molecular flexibility index (Phi) is 4.46. The van der Waals surface area contributed by atoms with Crippen molar-refractivity contribution in [2.24, 2.45) is 11.7 Å². The van der Waals surface area contributed by atoms with Gasteiger partial charge in [-0.3, -0.25) is 0 Å². The van der Waals surface area contributed by atoms with E-state index in [1.807, 2.05) is 6.92 Å². The Hall–Kier alpha value is -1.30. The Labute approximate surface area is 121 Å². The minimum atomic E-state index is -4.54. The summed E-state index contributed by atoms with van der Waals surface area (Å²) in [5, 5.41) is 3.07. The minimum absolute atomic E-state index is 0.0854. The molecule has 2 nitrogen and oxygen atoms in total. The van der Waals surface area contributed by atoms with Crippen LogP contribution in [0.25, 0.3) is 0 Å². The van der Waals surface area contributed by atoms with E-state index in [9.17, 15) is 17.6 Å². The Balaban J connectivity index is 2.26. The van der Waals surface area contributed by atoms with Crippen molar-refractivity contribution in [1.29, 1.82) is 0 Å². The number of halogens is 4. The van der Waals surface area contributed by atoms with Crippen LogP contribution in [0.2, 0.25) is 0 Å². The van der Waals surface area contributed by atoms with Gasteiger partial charge in [0, 0.05) is 6.54 Å². The highest BCUT2D eigenvalue weighted by atomic mass is 19.4. The maximum atomic E-state index is 14.0. The smallest absolute Gasteiger partial charge is 0.376 e. The fourth-order valence-electron chi connectivity index (χ4n) is 3.01. The van der Waals surface area contributed by atoms with E-state index in [0.717, 1.165) is 37.8 Å². The summed E-state index contributed by atoms with van der Waals surface area (Å²) in [7, 11) is 0. The molecule has 1 aliphatic rings. The largest absolute Gasteiger partial charge is 0.416 e. The standard InChI is InChI=1S/C15H20F4N2/c1-10-4-2-3-7-14(10,9-20)21-13-6-5-11(8-12(13)16)15(17,18)19/h5-6,8,10,21H,2-4,7,9,20H2,1H3. The molecule has 1 aromatic carbocycles. The molecular formula is C15H20F4N2. The lowest BCUT2D eigenvalue weighted by molar-refractivity contribution is -0.137. The topological polar surface area (TPSA) is 38.0 Å². The van der Waals surface area contributed by atoms with Crippen molar-refractivity contribution in [3.05, 3.63) is 29.6 Å². The lowest BCUT2D eigenvalue weighted by atomic mass is 9.73. The van der Waals surface area contributed by atoms with Gasteiger partial charge < -0.3 is 11.1 Å². The van der Waals surface area contributed by atoms with Crippen LogP contribution >= 0.6 is 0 Å². The third-order valence-electron chi connectivity index (χ3n) is 4.50. The van der Waals surface area contributed by atoms with Gasteiger partial charge in [0.15, 0.2) is 0 Å². The lowest BCUT2D eigenvalue weighted by Gasteiger charge is -2.43. The van der Waals surface area contributed by atoms with Crippen LogP contribution in [0.15, 0.2) is 18.2 Å². The van der Waals surface area contributed by atoms with Gasteiger partial charge in [-0.25, -0.2) is 4.39 Å². The van der Waals surface area contributed by atoms with Gasteiger partial charge in [0.05, 0.1) is 16.8 Å². The summed E-state index contributed by atoms with van der Waals surface area (Å²) in [5.74, 6) is -0.645. The molecule has 3 N–H and O–H groups in total. The molecule has 6 heteroatoms. The number of hydrogen-bond donors (Lipinski definition) is 2. The molecule has 0 aliphatic heterocycles. The van der Waals surface area contributed by atoms with Crippen molar-refractivity contribution in [2.45, 2.75) is 44.3 Å². The fraction of sp³-hybridized carbons (Fsp3) is 0.600. The van der Waals surface area contributed by atoms with Crippen molar-refractivity contribution < 1.29 is 17.6 Å². The van der Waals surface area contributed by atoms with Crippen LogP contribution in [0.3, 0.4) is 0 Å². The van der Waals surface area contributed by atoms with Gasteiger partial charge in [-0.05, 0) is 37.0 Å². The first-order chi connectivity index (χ1) is 9.78. The van der Waals surface area contributed by atoms with Gasteiger partial charge in [0.2, 0.25) is 0 Å². The summed E-state index contributed by atoms with van der Waals surface area (Å²) in [6.07, 6.45) is -0.683. The van der Waals surface area contributed by atoms with Crippen molar-refractivity contribution >= 4 is 5.69 Å². The third-order valence-corrected chi connectivity index (χ3v) is 4.50. The molecule has 2 atom stereocenters. The molecule has 2 rings (SSSR count). The molecule has 0 radical (unpaired) electrons. The molecule has 0 aromatic heterocycles. The fourth-order valence-corrected chi connectivity index (χ4v) is 3.01. The van der Waals surface area contributed by atoms with Crippen LogP contribution in [0.5, 0.6) is 0 Å². The van der Waals surface area contributed by atoms with Gasteiger partial charge in [-0.15, -0.1) is 0 Å². The Bertz CT molecular complexity index is 501. The van der Waals surface area contributed by atoms with Gasteiger partial charge in [0.1, 0.15) is 5.82 Å². The van der Waals surface area contributed by atoms with Crippen LogP contribution < -0.4 is 11.1 Å². The van der Waals surface area contributed by atoms with E-state index in [-0.39, 0.29) is 11.6 Å². The lowest BCUT2D eigenvalue weighted by Crippen LogP contribution is -2.52. The normalized spacial score (nSPS) is 26.7.